The van der Waals surface area contributed by atoms with E-state index in [1.807, 2.05) is 30.3 Å². The van der Waals surface area contributed by atoms with Crippen molar-refractivity contribution in [3.63, 3.8) is 0 Å². The molecule has 0 fully saturated rings. The van der Waals surface area contributed by atoms with Crippen molar-refractivity contribution in [2.75, 3.05) is 16.8 Å². The van der Waals surface area contributed by atoms with Crippen LogP contribution in [0.5, 0.6) is 0 Å². The molecule has 4 rings (SSSR count). The number of benzene rings is 3. The normalized spacial score (nSPS) is 12.7. The third-order valence-electron chi connectivity index (χ3n) is 4.41. The lowest BCUT2D eigenvalue weighted by atomic mass is 10.1. The molecular weight excluding hydrogens is 319 g/mol. The van der Waals surface area contributed by atoms with Crippen LogP contribution < -0.4 is 10.2 Å². The second-order valence-electron chi connectivity index (χ2n) is 6.08. The summed E-state index contributed by atoms with van der Waals surface area (Å²) < 4.78 is 13.6. The molecule has 0 saturated heterocycles. The van der Waals surface area contributed by atoms with Gasteiger partial charge in [-0.3, -0.25) is 14.5 Å². The van der Waals surface area contributed by atoms with E-state index in [-0.39, 0.29) is 24.2 Å². The first-order valence-corrected chi connectivity index (χ1v) is 7.94. The predicted molar refractivity (Wildman–Crippen MR) is 95.4 cm³/mol. The average Bonchev–Trinajstić information content (AvgIpc) is 2.86. The van der Waals surface area contributed by atoms with E-state index in [1.54, 1.807) is 25.1 Å². The molecule has 2 amide bonds. The monoisotopic (exact) mass is 334 g/mol. The van der Waals surface area contributed by atoms with E-state index in [9.17, 15) is 14.0 Å². The van der Waals surface area contributed by atoms with Crippen LogP contribution in [0.15, 0.2) is 54.6 Å². The summed E-state index contributed by atoms with van der Waals surface area (Å²) in [5, 5.41) is 4.47. The molecule has 25 heavy (non-hydrogen) atoms. The number of nitrogens with one attached hydrogen (secondary N) is 1. The van der Waals surface area contributed by atoms with Crippen LogP contribution in [-0.4, -0.2) is 18.4 Å². The van der Waals surface area contributed by atoms with Gasteiger partial charge < -0.3 is 5.32 Å². The first kappa shape index (κ1) is 15.3. The lowest BCUT2D eigenvalue weighted by Crippen LogP contribution is -2.35. The van der Waals surface area contributed by atoms with Gasteiger partial charge in [0.2, 0.25) is 5.91 Å². The quantitative estimate of drug-likeness (QED) is 0.790. The van der Waals surface area contributed by atoms with Crippen molar-refractivity contribution in [3.8, 4) is 0 Å². The maximum atomic E-state index is 13.6. The lowest BCUT2D eigenvalue weighted by Gasteiger charge is -2.17. The smallest absolute Gasteiger partial charge is 0.259 e. The number of amides is 2. The van der Waals surface area contributed by atoms with Crippen LogP contribution in [-0.2, 0) is 4.79 Å². The van der Waals surface area contributed by atoms with Crippen molar-refractivity contribution in [1.29, 1.82) is 0 Å². The summed E-state index contributed by atoms with van der Waals surface area (Å²) in [7, 11) is 0. The van der Waals surface area contributed by atoms with Crippen molar-refractivity contribution in [2.24, 2.45) is 0 Å². The van der Waals surface area contributed by atoms with Gasteiger partial charge in [-0.05, 0) is 42.1 Å². The molecule has 1 heterocycles. The van der Waals surface area contributed by atoms with Gasteiger partial charge in [-0.1, -0.05) is 30.3 Å². The third kappa shape index (κ3) is 2.54. The summed E-state index contributed by atoms with van der Waals surface area (Å²) in [4.78, 5) is 26.5. The molecule has 124 valence electrons. The Bertz CT molecular complexity index is 1020. The summed E-state index contributed by atoms with van der Waals surface area (Å²) in [6, 6.07) is 15.7. The van der Waals surface area contributed by atoms with Gasteiger partial charge >= 0.3 is 0 Å². The standard InChI is InChI=1S/C20H15FN2O2/c1-12-8-9-14(10-16(12)21)22-18(24)11-23-17-7-3-5-13-4-2-6-15(19(13)17)20(23)25/h2-10H,11H2,1H3,(H,22,24). The first-order valence-electron chi connectivity index (χ1n) is 7.94. The Morgan fingerprint density at radius 2 is 1.88 bits per heavy atom. The van der Waals surface area contributed by atoms with Crippen LogP contribution in [0.4, 0.5) is 15.8 Å². The van der Waals surface area contributed by atoms with Gasteiger partial charge in [0.15, 0.2) is 0 Å². The number of nitrogens with zero attached hydrogens (tertiary/aromatic N) is 1. The van der Waals surface area contributed by atoms with E-state index in [4.69, 9.17) is 0 Å². The molecule has 0 radical (unpaired) electrons. The van der Waals surface area contributed by atoms with E-state index < -0.39 is 0 Å². The zero-order valence-electron chi connectivity index (χ0n) is 13.5. The largest absolute Gasteiger partial charge is 0.324 e. The molecule has 1 aliphatic rings. The van der Waals surface area contributed by atoms with Crippen LogP contribution in [0.25, 0.3) is 10.8 Å². The molecule has 0 aliphatic carbocycles. The molecular formula is C20H15FN2O2. The van der Waals surface area contributed by atoms with Gasteiger partial charge in [-0.15, -0.1) is 0 Å². The van der Waals surface area contributed by atoms with E-state index in [0.717, 1.165) is 16.5 Å². The van der Waals surface area contributed by atoms with Gasteiger partial charge in [-0.2, -0.15) is 0 Å². The summed E-state index contributed by atoms with van der Waals surface area (Å²) in [5.74, 6) is -0.953. The molecule has 5 heteroatoms. The fourth-order valence-electron chi connectivity index (χ4n) is 3.15. The predicted octanol–water partition coefficient (Wildman–Crippen LogP) is 3.89. The van der Waals surface area contributed by atoms with Gasteiger partial charge in [-0.25, -0.2) is 4.39 Å². The van der Waals surface area contributed by atoms with Crippen molar-refractivity contribution < 1.29 is 14.0 Å². The van der Waals surface area contributed by atoms with E-state index in [0.29, 0.717) is 16.8 Å². The molecule has 0 unspecified atom stereocenters. The Labute approximate surface area is 143 Å². The molecule has 0 bridgehead atoms. The fraction of sp³-hybridized carbons (Fsp3) is 0.100. The number of aryl methyl sites for hydroxylation is 1. The third-order valence-corrected chi connectivity index (χ3v) is 4.41. The zero-order chi connectivity index (χ0) is 17.6. The fourth-order valence-corrected chi connectivity index (χ4v) is 3.15. The molecule has 3 aromatic carbocycles. The highest BCUT2D eigenvalue weighted by Crippen LogP contribution is 2.36. The first-order chi connectivity index (χ1) is 12.0. The molecule has 0 aromatic heterocycles. The van der Waals surface area contributed by atoms with Crippen LogP contribution in [0.2, 0.25) is 0 Å². The Morgan fingerprint density at radius 3 is 2.64 bits per heavy atom. The molecule has 0 spiro atoms. The van der Waals surface area contributed by atoms with E-state index in [1.165, 1.54) is 11.0 Å². The maximum absolute atomic E-state index is 13.6. The number of anilines is 2. The van der Waals surface area contributed by atoms with Gasteiger partial charge in [0.05, 0.1) is 5.69 Å². The molecule has 3 aromatic rings. The minimum Gasteiger partial charge on any atom is -0.324 e. The maximum Gasteiger partial charge on any atom is 0.259 e. The van der Waals surface area contributed by atoms with Gasteiger partial charge in [0.25, 0.3) is 5.91 Å². The Hall–Kier alpha value is -3.21. The zero-order valence-corrected chi connectivity index (χ0v) is 13.5. The summed E-state index contributed by atoms with van der Waals surface area (Å²) in [6.07, 6.45) is 0. The molecule has 1 N–H and O–H groups in total. The van der Waals surface area contributed by atoms with Crippen molar-refractivity contribution in [2.45, 2.75) is 6.92 Å². The SMILES string of the molecule is Cc1ccc(NC(=O)CN2C(=O)c3cccc4cccc2c34)cc1F. The van der Waals surface area contributed by atoms with Crippen molar-refractivity contribution >= 4 is 34.0 Å². The number of carbonyl (C=O) groups excluding carboxylic acids is 2. The van der Waals surface area contributed by atoms with E-state index in [2.05, 4.69) is 5.32 Å². The minimum absolute atomic E-state index is 0.123. The van der Waals surface area contributed by atoms with Crippen molar-refractivity contribution in [3.05, 3.63) is 71.5 Å². The van der Waals surface area contributed by atoms with Crippen LogP contribution in [0.1, 0.15) is 15.9 Å². The average molecular weight is 334 g/mol. The Balaban J connectivity index is 1.59. The molecule has 0 atom stereocenters. The summed E-state index contributed by atoms with van der Waals surface area (Å²) >= 11 is 0. The van der Waals surface area contributed by atoms with Crippen LogP contribution in [0.3, 0.4) is 0 Å². The van der Waals surface area contributed by atoms with Gasteiger partial charge in [0.1, 0.15) is 12.4 Å². The number of hydrogen-bond donors (Lipinski definition) is 1. The van der Waals surface area contributed by atoms with E-state index >= 15 is 0 Å². The second-order valence-corrected chi connectivity index (χ2v) is 6.08. The molecule has 0 saturated carbocycles. The Kier molecular flexibility index (Phi) is 3.50. The minimum atomic E-state index is -0.382. The highest BCUT2D eigenvalue weighted by molar-refractivity contribution is 6.26. The van der Waals surface area contributed by atoms with Crippen LogP contribution in [0, 0.1) is 12.7 Å². The molecule has 1 aliphatic heterocycles. The summed E-state index contributed by atoms with van der Waals surface area (Å²) in [6.45, 7) is 1.53. The highest BCUT2D eigenvalue weighted by Gasteiger charge is 2.30. The second kappa shape index (κ2) is 5.70. The number of rotatable bonds is 3. The van der Waals surface area contributed by atoms with Crippen molar-refractivity contribution in [1.82, 2.24) is 0 Å². The topological polar surface area (TPSA) is 49.4 Å². The van der Waals surface area contributed by atoms with Gasteiger partial charge in [0, 0.05) is 16.6 Å². The van der Waals surface area contributed by atoms with Crippen LogP contribution >= 0.6 is 0 Å². The highest BCUT2D eigenvalue weighted by atomic mass is 19.1. The Morgan fingerprint density at radius 1 is 1.12 bits per heavy atom. The number of halogens is 1. The number of carbonyl (C=O) groups is 2. The number of hydrogen-bond acceptors (Lipinski definition) is 2. The lowest BCUT2D eigenvalue weighted by molar-refractivity contribution is -0.114. The molecule has 4 nitrogen and oxygen atoms in total. The summed E-state index contributed by atoms with van der Waals surface area (Å²) in [5.41, 5.74) is 2.20.